The first-order valence-electron chi connectivity index (χ1n) is 14.4. The first-order chi connectivity index (χ1) is 22.8. The van der Waals surface area contributed by atoms with Gasteiger partial charge in [-0.15, -0.1) is 11.8 Å². The molecule has 234 valence electrons. The van der Waals surface area contributed by atoms with Gasteiger partial charge < -0.3 is 21.1 Å². The molecule has 0 aliphatic rings. The van der Waals surface area contributed by atoms with E-state index in [9.17, 15) is 24.3 Å². The van der Waals surface area contributed by atoms with Gasteiger partial charge in [0, 0.05) is 16.1 Å². The fourth-order valence-corrected chi connectivity index (χ4v) is 5.65. The molecule has 1 unspecified atom stereocenters. The minimum Gasteiger partial charge on any atom is -0.478 e. The Morgan fingerprint density at radius 2 is 1.32 bits per heavy atom. The van der Waals surface area contributed by atoms with Crippen LogP contribution in [0.3, 0.4) is 0 Å². The predicted molar refractivity (Wildman–Crippen MR) is 185 cm³/mol. The number of amides is 3. The van der Waals surface area contributed by atoms with Gasteiger partial charge in [0.2, 0.25) is 5.91 Å². The Kier molecular flexibility index (Phi) is 10.9. The Labute approximate surface area is 280 Å². The highest BCUT2D eigenvalue weighted by Gasteiger charge is 2.24. The molecule has 0 radical (unpaired) electrons. The number of thioether (sulfide) groups is 1. The first-order valence-corrected chi connectivity index (χ1v) is 15.6. The minimum absolute atomic E-state index is 0.00680. The Balaban J connectivity index is 1.33. The van der Waals surface area contributed by atoms with Crippen LogP contribution >= 0.6 is 23.4 Å². The van der Waals surface area contributed by atoms with Gasteiger partial charge in [-0.25, -0.2) is 4.79 Å². The average molecular weight is 662 g/mol. The van der Waals surface area contributed by atoms with Crippen LogP contribution in [0.1, 0.15) is 37.1 Å². The first kappa shape index (κ1) is 32.7. The molecule has 0 saturated heterocycles. The number of benzene rings is 5. The van der Waals surface area contributed by atoms with Gasteiger partial charge in [-0.3, -0.25) is 14.4 Å². The van der Waals surface area contributed by atoms with E-state index in [2.05, 4.69) is 16.0 Å². The molecule has 1 atom stereocenters. The lowest BCUT2D eigenvalue weighted by atomic mass is 10.1. The van der Waals surface area contributed by atoms with Crippen molar-refractivity contribution in [3.8, 4) is 0 Å². The molecule has 0 saturated carbocycles. The topological polar surface area (TPSA) is 125 Å². The summed E-state index contributed by atoms with van der Waals surface area (Å²) in [5.74, 6) is -2.47. The molecule has 0 fully saturated rings. The quantitative estimate of drug-likeness (QED) is 0.0842. The summed E-state index contributed by atoms with van der Waals surface area (Å²) >= 11 is 7.54. The molecule has 10 heteroatoms. The molecule has 3 amide bonds. The van der Waals surface area contributed by atoms with Gasteiger partial charge in [0.05, 0.1) is 16.3 Å². The lowest BCUT2D eigenvalue weighted by Crippen LogP contribution is -2.30. The van der Waals surface area contributed by atoms with Gasteiger partial charge in [0.25, 0.3) is 11.8 Å². The third-order valence-electron chi connectivity index (χ3n) is 6.82. The number of hydrogen-bond acceptors (Lipinski definition) is 5. The lowest BCUT2D eigenvalue weighted by Gasteiger charge is -2.18. The van der Waals surface area contributed by atoms with Crippen molar-refractivity contribution in [2.24, 2.45) is 0 Å². The van der Waals surface area contributed by atoms with Crippen molar-refractivity contribution in [2.45, 2.75) is 10.1 Å². The normalized spacial score (nSPS) is 11.6. The molecule has 0 heterocycles. The van der Waals surface area contributed by atoms with Crippen LogP contribution in [0.5, 0.6) is 0 Å². The van der Waals surface area contributed by atoms with Gasteiger partial charge in [0.1, 0.15) is 10.9 Å². The van der Waals surface area contributed by atoms with Gasteiger partial charge in [-0.2, -0.15) is 0 Å². The summed E-state index contributed by atoms with van der Waals surface area (Å²) in [6.45, 7) is 0. The zero-order valence-corrected chi connectivity index (χ0v) is 26.3. The van der Waals surface area contributed by atoms with Crippen LogP contribution in [0.2, 0.25) is 5.02 Å². The third kappa shape index (κ3) is 8.97. The van der Waals surface area contributed by atoms with E-state index in [0.29, 0.717) is 11.3 Å². The minimum atomic E-state index is -1.14. The zero-order chi connectivity index (χ0) is 33.2. The van der Waals surface area contributed by atoms with Crippen molar-refractivity contribution in [2.75, 3.05) is 10.6 Å². The van der Waals surface area contributed by atoms with E-state index in [0.717, 1.165) is 16.0 Å². The third-order valence-corrected chi connectivity index (χ3v) is 8.41. The summed E-state index contributed by atoms with van der Waals surface area (Å²) in [7, 11) is 0. The molecule has 0 aliphatic heterocycles. The fraction of sp³-hybridized carbons (Fsp3) is 0.0270. The Morgan fingerprint density at radius 3 is 1.96 bits per heavy atom. The summed E-state index contributed by atoms with van der Waals surface area (Å²) in [6.07, 6.45) is 1.60. The van der Waals surface area contributed by atoms with Gasteiger partial charge in [0.15, 0.2) is 0 Å². The number of aromatic carboxylic acids is 1. The van der Waals surface area contributed by atoms with Crippen LogP contribution in [0.25, 0.3) is 6.08 Å². The Hall–Kier alpha value is -5.64. The van der Waals surface area contributed by atoms with Crippen molar-refractivity contribution >= 4 is 64.5 Å². The van der Waals surface area contributed by atoms with Crippen LogP contribution < -0.4 is 16.0 Å². The molecule has 8 nitrogen and oxygen atoms in total. The molecule has 0 aliphatic carbocycles. The van der Waals surface area contributed by atoms with Crippen molar-refractivity contribution in [3.05, 3.63) is 166 Å². The maximum Gasteiger partial charge on any atom is 0.335 e. The van der Waals surface area contributed by atoms with E-state index in [1.54, 1.807) is 60.7 Å². The van der Waals surface area contributed by atoms with Crippen LogP contribution in [0.4, 0.5) is 11.4 Å². The molecule has 5 rings (SSSR count). The predicted octanol–water partition coefficient (Wildman–Crippen LogP) is 7.92. The summed E-state index contributed by atoms with van der Waals surface area (Å²) in [5, 5.41) is 17.2. The van der Waals surface area contributed by atoms with Crippen LogP contribution in [0.15, 0.2) is 144 Å². The smallest absolute Gasteiger partial charge is 0.335 e. The summed E-state index contributed by atoms with van der Waals surface area (Å²) in [5.41, 5.74) is 2.60. The number of carbonyl (C=O) groups excluding carboxylic acids is 3. The number of hydrogen-bond donors (Lipinski definition) is 4. The van der Waals surface area contributed by atoms with Crippen molar-refractivity contribution < 1.29 is 24.3 Å². The van der Waals surface area contributed by atoms with E-state index in [1.165, 1.54) is 30.0 Å². The standard InChI is InChI=1S/C37H28ClN3O5S/c38-30-21-16-27(37(45)46)23-31(30)40-36(44)33(25-12-6-2-7-13-25)47-29-19-17-28(18-20-29)39-35(43)32(22-24-10-4-1-5-11-24)41-34(42)26-14-8-3-9-15-26/h1-23,33H,(H,39,43)(H,40,44)(H,41,42)(H,45,46)/b32-22-. The highest BCUT2D eigenvalue weighted by atomic mass is 35.5. The highest BCUT2D eigenvalue weighted by molar-refractivity contribution is 8.00. The number of rotatable bonds is 11. The molecule has 5 aromatic rings. The summed E-state index contributed by atoms with van der Waals surface area (Å²) < 4.78 is 0. The van der Waals surface area contributed by atoms with E-state index < -0.39 is 28.9 Å². The SMILES string of the molecule is O=C(Nc1ccc(SC(C(=O)Nc2cc(C(=O)O)ccc2Cl)c2ccccc2)cc1)/C(=C/c1ccccc1)NC(=O)c1ccccc1. The maximum absolute atomic E-state index is 13.5. The van der Waals surface area contributed by atoms with Gasteiger partial charge >= 0.3 is 5.97 Å². The number of anilines is 2. The largest absolute Gasteiger partial charge is 0.478 e. The van der Waals surface area contributed by atoms with Gasteiger partial charge in [-0.1, -0.05) is 90.5 Å². The number of nitrogens with one attached hydrogen (secondary N) is 3. The van der Waals surface area contributed by atoms with Crippen molar-refractivity contribution in [1.82, 2.24) is 5.32 Å². The molecule has 47 heavy (non-hydrogen) atoms. The summed E-state index contributed by atoms with van der Waals surface area (Å²) in [6, 6.07) is 38.0. The number of carbonyl (C=O) groups is 4. The molecular formula is C37H28ClN3O5S. The molecule has 5 aromatic carbocycles. The molecule has 0 bridgehead atoms. The molecule has 4 N–H and O–H groups in total. The number of halogens is 1. The van der Waals surface area contributed by atoms with E-state index >= 15 is 0 Å². The van der Waals surface area contributed by atoms with Crippen molar-refractivity contribution in [3.63, 3.8) is 0 Å². The van der Waals surface area contributed by atoms with Crippen LogP contribution in [-0.4, -0.2) is 28.8 Å². The van der Waals surface area contributed by atoms with Crippen LogP contribution in [0, 0.1) is 0 Å². The highest BCUT2D eigenvalue weighted by Crippen LogP contribution is 2.37. The lowest BCUT2D eigenvalue weighted by molar-refractivity contribution is -0.116. The fourth-order valence-electron chi connectivity index (χ4n) is 4.46. The second kappa shape index (κ2) is 15.6. The van der Waals surface area contributed by atoms with E-state index in [-0.39, 0.29) is 22.0 Å². The van der Waals surface area contributed by atoms with Gasteiger partial charge in [-0.05, 0) is 71.8 Å². The van der Waals surface area contributed by atoms with E-state index in [1.807, 2.05) is 60.7 Å². The average Bonchev–Trinajstić information content (AvgIpc) is 3.09. The molecular weight excluding hydrogens is 634 g/mol. The molecule has 0 aromatic heterocycles. The number of carboxylic acids is 1. The van der Waals surface area contributed by atoms with Crippen LogP contribution in [-0.2, 0) is 9.59 Å². The Morgan fingerprint density at radius 1 is 0.702 bits per heavy atom. The van der Waals surface area contributed by atoms with Crippen molar-refractivity contribution in [1.29, 1.82) is 0 Å². The summed E-state index contributed by atoms with van der Waals surface area (Å²) in [4.78, 5) is 52.0. The second-order valence-electron chi connectivity index (χ2n) is 10.2. The monoisotopic (exact) mass is 661 g/mol. The molecule has 0 spiro atoms. The Bertz CT molecular complexity index is 1920. The zero-order valence-electron chi connectivity index (χ0n) is 24.7. The van der Waals surface area contributed by atoms with E-state index in [4.69, 9.17) is 11.6 Å². The second-order valence-corrected chi connectivity index (χ2v) is 11.8. The maximum atomic E-state index is 13.5. The number of carboxylic acid groups (broad SMARTS) is 1.